The molecular formula is C20H17FN2O2S. The quantitative estimate of drug-likeness (QED) is 0.515. The molecule has 6 heteroatoms. The number of halogens is 1. The van der Waals surface area contributed by atoms with Gasteiger partial charge < -0.3 is 4.57 Å². The molecule has 2 aromatic heterocycles. The van der Waals surface area contributed by atoms with Crippen molar-refractivity contribution in [3.8, 4) is 0 Å². The van der Waals surface area contributed by atoms with E-state index in [1.165, 1.54) is 36.0 Å². The third-order valence-corrected chi connectivity index (χ3v) is 4.85. The van der Waals surface area contributed by atoms with E-state index in [0.717, 1.165) is 5.52 Å². The minimum absolute atomic E-state index is 0.238. The average molecular weight is 368 g/mol. The van der Waals surface area contributed by atoms with Gasteiger partial charge in [0.1, 0.15) is 10.7 Å². The summed E-state index contributed by atoms with van der Waals surface area (Å²) in [6, 6.07) is 16.0. The van der Waals surface area contributed by atoms with Crippen molar-refractivity contribution in [3.63, 3.8) is 0 Å². The second-order valence-electron chi connectivity index (χ2n) is 5.75. The van der Waals surface area contributed by atoms with E-state index < -0.39 is 16.6 Å². The largest absolute Gasteiger partial charge is 0.349 e. The number of pyridine rings is 2. The maximum absolute atomic E-state index is 13.0. The number of para-hydroxylation sites is 1. The van der Waals surface area contributed by atoms with Gasteiger partial charge >= 0.3 is 0 Å². The van der Waals surface area contributed by atoms with Crippen LogP contribution in [0.5, 0.6) is 0 Å². The molecule has 26 heavy (non-hydrogen) atoms. The third kappa shape index (κ3) is 3.70. The zero-order valence-corrected chi connectivity index (χ0v) is 15.2. The van der Waals surface area contributed by atoms with E-state index in [-0.39, 0.29) is 10.3 Å². The normalized spacial score (nSPS) is 11.8. The Kier molecular flexibility index (Phi) is 5.23. The van der Waals surface area contributed by atoms with Gasteiger partial charge in [-0.25, -0.2) is 4.39 Å². The molecule has 132 valence electrons. The smallest absolute Gasteiger partial charge is 0.205 e. The highest BCUT2D eigenvalue weighted by molar-refractivity contribution is 7.84. The molecule has 4 rings (SSSR count). The fraction of sp³-hybridized carbons (Fsp3) is 0.100. The number of rotatable bonds is 1. The number of benzene rings is 2. The molecule has 4 aromatic rings. The number of hydrogen-bond acceptors (Lipinski definition) is 3. The van der Waals surface area contributed by atoms with Gasteiger partial charge in [0.15, 0.2) is 0 Å². The molecule has 0 saturated heterocycles. The predicted molar refractivity (Wildman–Crippen MR) is 103 cm³/mol. The summed E-state index contributed by atoms with van der Waals surface area (Å²) in [5, 5.41) is 1.58. The Hall–Kier alpha value is -2.86. The van der Waals surface area contributed by atoms with Crippen LogP contribution in [0.2, 0.25) is 0 Å². The lowest BCUT2D eigenvalue weighted by molar-refractivity contribution is 0.628. The molecule has 0 amide bonds. The third-order valence-electron chi connectivity index (χ3n) is 3.94. The number of hydrogen-bond donors (Lipinski definition) is 0. The van der Waals surface area contributed by atoms with Crippen LogP contribution in [0.4, 0.5) is 4.39 Å². The molecule has 0 radical (unpaired) electrons. The molecular weight excluding hydrogens is 351 g/mol. The summed E-state index contributed by atoms with van der Waals surface area (Å²) in [6.45, 7) is 0. The van der Waals surface area contributed by atoms with Crippen LogP contribution in [-0.4, -0.2) is 20.0 Å². The van der Waals surface area contributed by atoms with Crippen molar-refractivity contribution >= 4 is 32.6 Å². The lowest BCUT2D eigenvalue weighted by Crippen LogP contribution is -2.14. The number of aromatic nitrogens is 2. The molecule has 0 aliphatic heterocycles. The van der Waals surface area contributed by atoms with Crippen molar-refractivity contribution in [1.29, 1.82) is 0 Å². The first-order valence-electron chi connectivity index (χ1n) is 7.89. The van der Waals surface area contributed by atoms with Gasteiger partial charge in [-0.1, -0.05) is 24.3 Å². The van der Waals surface area contributed by atoms with Gasteiger partial charge in [0, 0.05) is 36.5 Å². The van der Waals surface area contributed by atoms with Gasteiger partial charge in [-0.15, -0.1) is 0 Å². The predicted octanol–water partition coefficient (Wildman–Crippen LogP) is 3.65. The lowest BCUT2D eigenvalue weighted by Gasteiger charge is -2.07. The fourth-order valence-corrected chi connectivity index (χ4v) is 3.32. The standard InChI is InChI=1S/C11H10FNO2S.C9H7N/c1-13-6-10(16(2)15)11(14)8-4-3-7(12)5-9(8)13;1-2-6-9-8(4-1)5-3-7-10-9/h3-6H,1-2H3;1-7H. The van der Waals surface area contributed by atoms with Crippen molar-refractivity contribution in [2.75, 3.05) is 6.26 Å². The van der Waals surface area contributed by atoms with Gasteiger partial charge in [-0.2, -0.15) is 0 Å². The second kappa shape index (κ2) is 7.58. The molecule has 0 bridgehead atoms. The Balaban J connectivity index is 0.000000167. The van der Waals surface area contributed by atoms with E-state index in [9.17, 15) is 13.4 Å². The van der Waals surface area contributed by atoms with Gasteiger partial charge in [-0.05, 0) is 30.3 Å². The number of nitrogens with zero attached hydrogens (tertiary/aromatic N) is 2. The van der Waals surface area contributed by atoms with Crippen molar-refractivity contribution in [1.82, 2.24) is 9.55 Å². The van der Waals surface area contributed by atoms with Gasteiger partial charge in [0.25, 0.3) is 0 Å². The highest BCUT2D eigenvalue weighted by Crippen LogP contribution is 2.13. The van der Waals surface area contributed by atoms with E-state index in [0.29, 0.717) is 10.9 Å². The summed E-state index contributed by atoms with van der Waals surface area (Å²) in [5.41, 5.74) is 1.26. The summed E-state index contributed by atoms with van der Waals surface area (Å²) < 4.78 is 26.0. The summed E-state index contributed by atoms with van der Waals surface area (Å²) in [5.74, 6) is -0.395. The molecule has 0 spiro atoms. The highest BCUT2D eigenvalue weighted by atomic mass is 32.2. The highest BCUT2D eigenvalue weighted by Gasteiger charge is 2.10. The first-order valence-corrected chi connectivity index (χ1v) is 9.45. The Labute approximate surface area is 152 Å². The number of fused-ring (bicyclic) bond motifs is 2. The zero-order valence-electron chi connectivity index (χ0n) is 14.3. The van der Waals surface area contributed by atoms with Crippen molar-refractivity contribution < 1.29 is 8.60 Å². The SMILES string of the molecule is Cn1cc(S(C)=O)c(=O)c2ccc(F)cc21.c1ccc2ncccc2c1. The molecule has 4 nitrogen and oxygen atoms in total. The fourth-order valence-electron chi connectivity index (χ4n) is 2.65. The zero-order chi connectivity index (χ0) is 18.7. The van der Waals surface area contributed by atoms with Crippen LogP contribution in [0.3, 0.4) is 0 Å². The van der Waals surface area contributed by atoms with Crippen LogP contribution in [0.25, 0.3) is 21.8 Å². The minimum atomic E-state index is -1.34. The molecule has 0 saturated carbocycles. The topological polar surface area (TPSA) is 52.0 Å². The molecule has 0 aliphatic rings. The number of aryl methyl sites for hydroxylation is 1. The summed E-state index contributed by atoms with van der Waals surface area (Å²) in [4.78, 5) is 16.3. The van der Waals surface area contributed by atoms with E-state index in [1.54, 1.807) is 11.6 Å². The van der Waals surface area contributed by atoms with Crippen LogP contribution in [-0.2, 0) is 17.8 Å². The maximum Gasteiger partial charge on any atom is 0.205 e. The van der Waals surface area contributed by atoms with Crippen molar-refractivity contribution in [3.05, 3.63) is 83.0 Å². The van der Waals surface area contributed by atoms with Crippen LogP contribution in [0, 0.1) is 5.82 Å². The second-order valence-corrected chi connectivity index (χ2v) is 7.09. The van der Waals surface area contributed by atoms with E-state index in [1.807, 2.05) is 30.5 Å². The van der Waals surface area contributed by atoms with E-state index >= 15 is 0 Å². The van der Waals surface area contributed by atoms with Gasteiger partial charge in [0.05, 0.1) is 21.8 Å². The van der Waals surface area contributed by atoms with Crippen LogP contribution in [0.15, 0.2) is 76.7 Å². The Morgan fingerprint density at radius 3 is 2.54 bits per heavy atom. The Morgan fingerprint density at radius 2 is 1.81 bits per heavy atom. The van der Waals surface area contributed by atoms with Crippen molar-refractivity contribution in [2.24, 2.45) is 7.05 Å². The van der Waals surface area contributed by atoms with E-state index in [2.05, 4.69) is 17.1 Å². The lowest BCUT2D eigenvalue weighted by atomic mass is 10.2. The molecule has 1 atom stereocenters. The van der Waals surface area contributed by atoms with Crippen LogP contribution in [0.1, 0.15) is 0 Å². The first-order chi connectivity index (χ1) is 12.5. The minimum Gasteiger partial charge on any atom is -0.349 e. The average Bonchev–Trinajstić information content (AvgIpc) is 2.65. The monoisotopic (exact) mass is 368 g/mol. The molecule has 2 aromatic carbocycles. The molecule has 2 heterocycles. The Bertz CT molecular complexity index is 1110. The van der Waals surface area contributed by atoms with Crippen LogP contribution < -0.4 is 5.43 Å². The van der Waals surface area contributed by atoms with Crippen molar-refractivity contribution in [2.45, 2.75) is 4.90 Å². The molecule has 0 N–H and O–H groups in total. The maximum atomic E-state index is 13.0. The summed E-state index contributed by atoms with van der Waals surface area (Å²) >= 11 is 0. The van der Waals surface area contributed by atoms with Gasteiger partial charge in [-0.3, -0.25) is 14.0 Å². The van der Waals surface area contributed by atoms with E-state index in [4.69, 9.17) is 0 Å². The molecule has 1 unspecified atom stereocenters. The first kappa shape index (κ1) is 17.9. The van der Waals surface area contributed by atoms with Crippen LogP contribution >= 0.6 is 0 Å². The summed E-state index contributed by atoms with van der Waals surface area (Å²) in [6.07, 6.45) is 4.74. The molecule has 0 aliphatic carbocycles. The summed E-state index contributed by atoms with van der Waals surface area (Å²) in [7, 11) is 0.353. The van der Waals surface area contributed by atoms with Gasteiger partial charge in [0.2, 0.25) is 5.43 Å². The molecule has 0 fully saturated rings. The Morgan fingerprint density at radius 1 is 1.08 bits per heavy atom.